The number of carbonyl (C=O) groups excluding carboxylic acids is 1. The van der Waals surface area contributed by atoms with Gasteiger partial charge in [0.2, 0.25) is 0 Å². The average Bonchev–Trinajstić information content (AvgIpc) is 2.83. The van der Waals surface area contributed by atoms with E-state index in [-0.39, 0.29) is 12.6 Å². The molecule has 0 radical (unpaired) electrons. The van der Waals surface area contributed by atoms with E-state index in [2.05, 4.69) is 0 Å². The summed E-state index contributed by atoms with van der Waals surface area (Å²) in [5.74, 6) is 0.424. The highest BCUT2D eigenvalue weighted by atomic mass is 32.2. The third-order valence-corrected chi connectivity index (χ3v) is 6.57. The molecule has 0 spiro atoms. The minimum Gasteiger partial charge on any atom is -0.455 e. The first-order valence-corrected chi connectivity index (χ1v) is 12.8. The summed E-state index contributed by atoms with van der Waals surface area (Å²) in [6.45, 7) is 7.89. The zero-order valence-corrected chi connectivity index (χ0v) is 21.2. The van der Waals surface area contributed by atoms with Crippen molar-refractivity contribution in [2.24, 2.45) is 5.41 Å². The first kappa shape index (κ1) is 26.7. The lowest BCUT2D eigenvalue weighted by molar-refractivity contribution is -0.249. The molecular formula is C27H36O6S. The van der Waals surface area contributed by atoms with Crippen LogP contribution in [0.1, 0.15) is 38.8 Å². The van der Waals surface area contributed by atoms with Crippen LogP contribution >= 0.6 is 11.8 Å². The molecule has 0 aromatic heterocycles. The second-order valence-electron chi connectivity index (χ2n) is 9.32. The average molecular weight is 489 g/mol. The number of thioether (sulfide) groups is 1. The van der Waals surface area contributed by atoms with E-state index in [1.54, 1.807) is 0 Å². The molecule has 0 aliphatic carbocycles. The molecule has 1 aliphatic heterocycles. The Bertz CT molecular complexity index is 870. The van der Waals surface area contributed by atoms with Crippen LogP contribution < -0.4 is 0 Å². The second-order valence-corrected chi connectivity index (χ2v) is 10.7. The van der Waals surface area contributed by atoms with Crippen LogP contribution in [0.5, 0.6) is 0 Å². The lowest BCUT2D eigenvalue weighted by atomic mass is 9.95. The SMILES string of the molecule is CCS[C@@H]1OC(CO)[C@H](OCc2ccccc2)[C@H](OCc2ccccc2)C1OC(=O)C(C)(C)C. The molecule has 0 saturated carbocycles. The van der Waals surface area contributed by atoms with Crippen molar-refractivity contribution in [1.82, 2.24) is 0 Å². The van der Waals surface area contributed by atoms with Crippen LogP contribution in [0.4, 0.5) is 0 Å². The van der Waals surface area contributed by atoms with E-state index in [0.29, 0.717) is 13.2 Å². The molecule has 1 heterocycles. The number of aliphatic hydroxyl groups is 1. The summed E-state index contributed by atoms with van der Waals surface area (Å²) in [5, 5.41) is 10.2. The van der Waals surface area contributed by atoms with Crippen molar-refractivity contribution in [2.45, 2.75) is 70.8 Å². The van der Waals surface area contributed by atoms with Gasteiger partial charge in [-0.3, -0.25) is 4.79 Å². The number of hydrogen-bond acceptors (Lipinski definition) is 7. The Labute approximate surface area is 206 Å². The van der Waals surface area contributed by atoms with E-state index in [9.17, 15) is 9.90 Å². The van der Waals surface area contributed by atoms with E-state index in [4.69, 9.17) is 18.9 Å². The fourth-order valence-corrected chi connectivity index (χ4v) is 4.62. The van der Waals surface area contributed by atoms with E-state index in [1.807, 2.05) is 88.4 Å². The van der Waals surface area contributed by atoms with Crippen LogP contribution in [0.15, 0.2) is 60.7 Å². The third kappa shape index (κ3) is 7.30. The first-order valence-electron chi connectivity index (χ1n) is 11.7. The Hall–Kier alpha value is -1.90. The third-order valence-electron chi connectivity index (χ3n) is 5.53. The summed E-state index contributed by atoms with van der Waals surface area (Å²) < 4.78 is 24.9. The smallest absolute Gasteiger partial charge is 0.311 e. The number of rotatable bonds is 10. The number of ether oxygens (including phenoxy) is 4. The van der Waals surface area contributed by atoms with Crippen LogP contribution in [0, 0.1) is 5.41 Å². The maximum atomic E-state index is 12.9. The molecule has 2 unspecified atom stereocenters. The van der Waals surface area contributed by atoms with Gasteiger partial charge in [0.15, 0.2) is 6.10 Å². The molecule has 1 saturated heterocycles. The van der Waals surface area contributed by atoms with Crippen molar-refractivity contribution in [1.29, 1.82) is 0 Å². The summed E-state index contributed by atoms with van der Waals surface area (Å²) in [6.07, 6.45) is -2.55. The number of aliphatic hydroxyl groups excluding tert-OH is 1. The predicted molar refractivity (Wildman–Crippen MR) is 133 cm³/mol. The second kappa shape index (κ2) is 12.7. The van der Waals surface area contributed by atoms with Crippen molar-refractivity contribution < 1.29 is 28.8 Å². The highest BCUT2D eigenvalue weighted by Crippen LogP contribution is 2.35. The molecule has 186 valence electrons. The van der Waals surface area contributed by atoms with Crippen molar-refractivity contribution in [3.05, 3.63) is 71.8 Å². The van der Waals surface area contributed by atoms with E-state index < -0.39 is 35.3 Å². The lowest BCUT2D eigenvalue weighted by Gasteiger charge is -2.45. The van der Waals surface area contributed by atoms with Crippen LogP contribution in [-0.2, 0) is 37.0 Å². The molecular weight excluding hydrogens is 452 g/mol. The number of hydrogen-bond donors (Lipinski definition) is 1. The molecule has 2 aromatic carbocycles. The molecule has 0 bridgehead atoms. The van der Waals surface area contributed by atoms with E-state index in [0.717, 1.165) is 16.9 Å². The first-order chi connectivity index (χ1) is 16.3. The van der Waals surface area contributed by atoms with Gasteiger partial charge in [-0.1, -0.05) is 67.6 Å². The maximum absolute atomic E-state index is 12.9. The molecule has 3 rings (SSSR count). The Kier molecular flexibility index (Phi) is 9.97. The minimum atomic E-state index is -0.691. The zero-order chi connectivity index (χ0) is 24.6. The van der Waals surface area contributed by atoms with Gasteiger partial charge in [-0.05, 0) is 37.7 Å². The molecule has 7 heteroatoms. The minimum absolute atomic E-state index is 0.231. The molecule has 1 aliphatic rings. The highest BCUT2D eigenvalue weighted by molar-refractivity contribution is 7.99. The topological polar surface area (TPSA) is 74.2 Å². The Morgan fingerprint density at radius 2 is 1.44 bits per heavy atom. The fourth-order valence-electron chi connectivity index (χ4n) is 3.67. The lowest BCUT2D eigenvalue weighted by Crippen LogP contribution is -2.61. The van der Waals surface area contributed by atoms with Gasteiger partial charge in [-0.2, -0.15) is 0 Å². The van der Waals surface area contributed by atoms with Crippen molar-refractivity contribution in [3.8, 4) is 0 Å². The standard InChI is InChI=1S/C27H36O6S/c1-5-34-25-24(33-26(29)27(2,3)4)23(31-18-20-14-10-7-11-15-20)22(21(16-28)32-25)30-17-19-12-8-6-9-13-19/h6-15,21-25,28H,5,16-18H2,1-4H3/t21?,22-,23-,24?,25-/m0/s1. The van der Waals surface area contributed by atoms with Crippen molar-refractivity contribution >= 4 is 17.7 Å². The van der Waals surface area contributed by atoms with Gasteiger partial charge in [0.05, 0.1) is 25.2 Å². The Balaban J connectivity index is 1.90. The van der Waals surface area contributed by atoms with Gasteiger partial charge < -0.3 is 24.1 Å². The quantitative estimate of drug-likeness (QED) is 0.491. The summed E-state index contributed by atoms with van der Waals surface area (Å²) >= 11 is 1.53. The summed E-state index contributed by atoms with van der Waals surface area (Å²) in [5.41, 5.74) is 0.830. The number of benzene rings is 2. The Morgan fingerprint density at radius 3 is 1.91 bits per heavy atom. The zero-order valence-electron chi connectivity index (χ0n) is 20.4. The predicted octanol–water partition coefficient (Wildman–Crippen LogP) is 4.59. The number of esters is 1. The molecule has 2 aromatic rings. The van der Waals surface area contributed by atoms with Gasteiger partial charge in [0.1, 0.15) is 23.7 Å². The van der Waals surface area contributed by atoms with Crippen LogP contribution in [0.25, 0.3) is 0 Å². The van der Waals surface area contributed by atoms with E-state index in [1.165, 1.54) is 11.8 Å². The molecule has 1 fully saturated rings. The summed E-state index contributed by atoms with van der Waals surface area (Å²) in [7, 11) is 0. The molecule has 0 amide bonds. The monoisotopic (exact) mass is 488 g/mol. The van der Waals surface area contributed by atoms with Crippen molar-refractivity contribution in [2.75, 3.05) is 12.4 Å². The van der Waals surface area contributed by atoms with Gasteiger partial charge in [-0.15, -0.1) is 11.8 Å². The molecule has 1 N–H and O–H groups in total. The largest absolute Gasteiger partial charge is 0.455 e. The van der Waals surface area contributed by atoms with Crippen LogP contribution in [0.3, 0.4) is 0 Å². The van der Waals surface area contributed by atoms with Gasteiger partial charge in [0, 0.05) is 0 Å². The normalized spacial score (nSPS) is 25.1. The van der Waals surface area contributed by atoms with E-state index >= 15 is 0 Å². The highest BCUT2D eigenvalue weighted by Gasteiger charge is 2.50. The number of carbonyl (C=O) groups is 1. The Morgan fingerprint density at radius 1 is 0.912 bits per heavy atom. The fraction of sp³-hybridized carbons (Fsp3) is 0.519. The molecule has 34 heavy (non-hydrogen) atoms. The maximum Gasteiger partial charge on any atom is 0.311 e. The summed E-state index contributed by atoms with van der Waals surface area (Å²) in [4.78, 5) is 12.9. The van der Waals surface area contributed by atoms with Gasteiger partial charge in [-0.25, -0.2) is 0 Å². The van der Waals surface area contributed by atoms with Crippen molar-refractivity contribution in [3.63, 3.8) is 0 Å². The van der Waals surface area contributed by atoms with Crippen LogP contribution in [-0.4, -0.2) is 53.3 Å². The molecule has 6 nitrogen and oxygen atoms in total. The van der Waals surface area contributed by atoms with Gasteiger partial charge in [0.25, 0.3) is 0 Å². The molecule has 5 atom stereocenters. The van der Waals surface area contributed by atoms with Gasteiger partial charge >= 0.3 is 5.97 Å². The summed E-state index contributed by atoms with van der Waals surface area (Å²) in [6, 6.07) is 19.6. The van der Waals surface area contributed by atoms with Crippen LogP contribution in [0.2, 0.25) is 0 Å².